The van der Waals surface area contributed by atoms with Crippen LogP contribution < -0.4 is 19.7 Å². The lowest BCUT2D eigenvalue weighted by molar-refractivity contribution is 0.239. The van der Waals surface area contributed by atoms with Crippen LogP contribution in [0.15, 0.2) is 29.0 Å². The topological polar surface area (TPSA) is 79.7 Å². The summed E-state index contributed by atoms with van der Waals surface area (Å²) in [6, 6.07) is 5.88. The lowest BCUT2D eigenvalue weighted by Gasteiger charge is -2.35. The standard InChI is InChI=1S/C19H25BrN4O3/c1-26-16-7-13(15(20)8-17(16)27-2)10-21-18-9-19(23-12-22-18)24-6-4-3-5-14(24)11-25/h7-9,12,14,25H,3-6,10-11H2,1-2H3,(H,21,22,23). The third-order valence-electron chi connectivity index (χ3n) is 4.80. The molecular weight excluding hydrogens is 412 g/mol. The van der Waals surface area contributed by atoms with E-state index in [2.05, 4.69) is 36.1 Å². The summed E-state index contributed by atoms with van der Waals surface area (Å²) in [5.74, 6) is 2.94. The summed E-state index contributed by atoms with van der Waals surface area (Å²) in [5.41, 5.74) is 1.03. The van der Waals surface area contributed by atoms with Gasteiger partial charge in [0, 0.05) is 23.6 Å². The minimum absolute atomic E-state index is 0.126. The van der Waals surface area contributed by atoms with E-state index in [0.717, 1.165) is 47.5 Å². The fraction of sp³-hybridized carbons (Fsp3) is 0.474. The molecule has 2 N–H and O–H groups in total. The van der Waals surface area contributed by atoms with E-state index < -0.39 is 0 Å². The van der Waals surface area contributed by atoms with E-state index in [1.807, 2.05) is 18.2 Å². The van der Waals surface area contributed by atoms with Gasteiger partial charge in [-0.1, -0.05) is 15.9 Å². The molecule has 7 nitrogen and oxygen atoms in total. The maximum atomic E-state index is 9.64. The van der Waals surface area contributed by atoms with Crippen LogP contribution in [0.25, 0.3) is 0 Å². The number of methoxy groups -OCH3 is 2. The Morgan fingerprint density at radius 1 is 1.19 bits per heavy atom. The molecule has 8 heteroatoms. The second-order valence-electron chi connectivity index (χ2n) is 6.44. The number of aliphatic hydroxyl groups excluding tert-OH is 1. The molecule has 1 aromatic heterocycles. The van der Waals surface area contributed by atoms with Gasteiger partial charge in [-0.05, 0) is 37.0 Å². The third-order valence-corrected chi connectivity index (χ3v) is 5.54. The van der Waals surface area contributed by atoms with Crippen molar-refractivity contribution in [2.24, 2.45) is 0 Å². The molecule has 0 saturated carbocycles. The predicted octanol–water partition coefficient (Wildman–Crippen LogP) is 3.22. The Balaban J connectivity index is 1.74. The number of aromatic nitrogens is 2. The molecule has 0 aliphatic carbocycles. The van der Waals surface area contributed by atoms with E-state index in [4.69, 9.17) is 9.47 Å². The largest absolute Gasteiger partial charge is 0.493 e. The smallest absolute Gasteiger partial charge is 0.161 e. The fourth-order valence-electron chi connectivity index (χ4n) is 3.31. The van der Waals surface area contributed by atoms with Crippen molar-refractivity contribution in [1.29, 1.82) is 0 Å². The van der Waals surface area contributed by atoms with Crippen molar-refractivity contribution in [3.05, 3.63) is 34.6 Å². The van der Waals surface area contributed by atoms with Gasteiger partial charge >= 0.3 is 0 Å². The van der Waals surface area contributed by atoms with Crippen LogP contribution in [0.4, 0.5) is 11.6 Å². The molecule has 1 aliphatic rings. The summed E-state index contributed by atoms with van der Waals surface area (Å²) >= 11 is 3.57. The van der Waals surface area contributed by atoms with Crippen molar-refractivity contribution in [1.82, 2.24) is 9.97 Å². The number of benzene rings is 1. The Morgan fingerprint density at radius 3 is 2.70 bits per heavy atom. The number of rotatable bonds is 7. The molecule has 0 bridgehead atoms. The Hall–Kier alpha value is -2.06. The van der Waals surface area contributed by atoms with E-state index in [0.29, 0.717) is 18.0 Å². The van der Waals surface area contributed by atoms with Crippen LogP contribution in [0.5, 0.6) is 11.5 Å². The van der Waals surface area contributed by atoms with Crippen molar-refractivity contribution >= 4 is 27.6 Å². The molecule has 146 valence electrons. The summed E-state index contributed by atoms with van der Waals surface area (Å²) in [5, 5.41) is 13.0. The molecule has 1 unspecified atom stereocenters. The minimum Gasteiger partial charge on any atom is -0.493 e. The van der Waals surface area contributed by atoms with Gasteiger partial charge in [0.2, 0.25) is 0 Å². The average Bonchev–Trinajstić information content (AvgIpc) is 2.72. The van der Waals surface area contributed by atoms with Gasteiger partial charge < -0.3 is 24.8 Å². The highest BCUT2D eigenvalue weighted by Gasteiger charge is 2.23. The van der Waals surface area contributed by atoms with Crippen molar-refractivity contribution in [2.45, 2.75) is 31.8 Å². The van der Waals surface area contributed by atoms with Gasteiger partial charge in [0.1, 0.15) is 18.0 Å². The van der Waals surface area contributed by atoms with Gasteiger partial charge in [-0.2, -0.15) is 0 Å². The van der Waals surface area contributed by atoms with Gasteiger partial charge in [-0.3, -0.25) is 0 Å². The van der Waals surface area contributed by atoms with E-state index >= 15 is 0 Å². The van der Waals surface area contributed by atoms with Crippen LogP contribution in [-0.2, 0) is 6.54 Å². The molecule has 27 heavy (non-hydrogen) atoms. The molecule has 1 aliphatic heterocycles. The second kappa shape index (κ2) is 9.23. The van der Waals surface area contributed by atoms with Crippen LogP contribution in [0.1, 0.15) is 24.8 Å². The van der Waals surface area contributed by atoms with Gasteiger partial charge in [0.05, 0.1) is 26.9 Å². The SMILES string of the molecule is COc1cc(Br)c(CNc2cc(N3CCCCC3CO)ncn2)cc1OC. The number of nitrogens with one attached hydrogen (secondary N) is 1. The zero-order valence-electron chi connectivity index (χ0n) is 15.6. The molecule has 2 heterocycles. The number of anilines is 2. The van der Waals surface area contributed by atoms with E-state index in [-0.39, 0.29) is 12.6 Å². The predicted molar refractivity (Wildman–Crippen MR) is 109 cm³/mol. The van der Waals surface area contributed by atoms with Crippen LogP contribution in [0.2, 0.25) is 0 Å². The number of hydrogen-bond acceptors (Lipinski definition) is 7. The molecule has 3 rings (SSSR count). The maximum Gasteiger partial charge on any atom is 0.161 e. The molecule has 1 aromatic carbocycles. The first-order valence-electron chi connectivity index (χ1n) is 9.00. The van der Waals surface area contributed by atoms with Crippen LogP contribution >= 0.6 is 15.9 Å². The highest BCUT2D eigenvalue weighted by molar-refractivity contribution is 9.10. The third kappa shape index (κ3) is 4.62. The summed E-state index contributed by atoms with van der Waals surface area (Å²) in [6.45, 7) is 1.62. The number of ether oxygens (including phenoxy) is 2. The van der Waals surface area contributed by atoms with E-state index in [9.17, 15) is 5.11 Å². The number of halogens is 1. The van der Waals surface area contributed by atoms with Gasteiger partial charge in [-0.15, -0.1) is 0 Å². The maximum absolute atomic E-state index is 9.64. The number of aliphatic hydroxyl groups is 1. The molecule has 0 spiro atoms. The molecule has 2 aromatic rings. The lowest BCUT2D eigenvalue weighted by Crippen LogP contribution is -2.42. The van der Waals surface area contributed by atoms with Crippen LogP contribution in [0, 0.1) is 0 Å². The van der Waals surface area contributed by atoms with Crippen molar-refractivity contribution in [2.75, 3.05) is 37.6 Å². The van der Waals surface area contributed by atoms with Crippen LogP contribution in [0.3, 0.4) is 0 Å². The monoisotopic (exact) mass is 436 g/mol. The minimum atomic E-state index is 0.126. The average molecular weight is 437 g/mol. The zero-order chi connectivity index (χ0) is 19.2. The summed E-state index contributed by atoms with van der Waals surface area (Å²) in [7, 11) is 3.24. The number of hydrogen-bond donors (Lipinski definition) is 2. The fourth-order valence-corrected chi connectivity index (χ4v) is 3.77. The van der Waals surface area contributed by atoms with Gasteiger partial charge in [0.15, 0.2) is 11.5 Å². The van der Waals surface area contributed by atoms with Gasteiger partial charge in [-0.25, -0.2) is 9.97 Å². The Kier molecular flexibility index (Phi) is 6.73. The molecule has 0 radical (unpaired) electrons. The summed E-state index contributed by atoms with van der Waals surface area (Å²) in [6.07, 6.45) is 4.80. The quantitative estimate of drug-likeness (QED) is 0.689. The summed E-state index contributed by atoms with van der Waals surface area (Å²) in [4.78, 5) is 10.9. The number of nitrogens with zero attached hydrogens (tertiary/aromatic N) is 3. The van der Waals surface area contributed by atoms with E-state index in [1.54, 1.807) is 20.5 Å². The Morgan fingerprint density at radius 2 is 1.96 bits per heavy atom. The lowest BCUT2D eigenvalue weighted by atomic mass is 10.0. The molecule has 0 amide bonds. The highest BCUT2D eigenvalue weighted by atomic mass is 79.9. The first kappa shape index (κ1) is 19.7. The van der Waals surface area contributed by atoms with Crippen LogP contribution in [-0.4, -0.2) is 48.5 Å². The first-order chi connectivity index (χ1) is 13.2. The highest BCUT2D eigenvalue weighted by Crippen LogP contribution is 2.33. The van der Waals surface area contributed by atoms with Crippen molar-refractivity contribution in [3.8, 4) is 11.5 Å². The Labute approximate surface area is 167 Å². The molecule has 1 saturated heterocycles. The summed E-state index contributed by atoms with van der Waals surface area (Å²) < 4.78 is 11.6. The normalized spacial score (nSPS) is 16.9. The molecular formula is C19H25BrN4O3. The second-order valence-corrected chi connectivity index (χ2v) is 7.29. The van der Waals surface area contributed by atoms with E-state index in [1.165, 1.54) is 0 Å². The molecule has 1 fully saturated rings. The first-order valence-corrected chi connectivity index (χ1v) is 9.79. The number of piperidine rings is 1. The molecule has 1 atom stereocenters. The Bertz CT molecular complexity index is 775. The zero-order valence-corrected chi connectivity index (χ0v) is 17.2. The van der Waals surface area contributed by atoms with Crippen molar-refractivity contribution < 1.29 is 14.6 Å². The van der Waals surface area contributed by atoms with Crippen molar-refractivity contribution in [3.63, 3.8) is 0 Å². The van der Waals surface area contributed by atoms with Gasteiger partial charge in [0.25, 0.3) is 0 Å².